The molecular weight excluding hydrogens is 168 g/mol. The normalized spacial score (nSPS) is 8.46. The van der Waals surface area contributed by atoms with Gasteiger partial charge in [-0.05, 0) is 12.1 Å². The van der Waals surface area contributed by atoms with Crippen LogP contribution in [0.1, 0.15) is 37.2 Å². The van der Waals surface area contributed by atoms with Gasteiger partial charge in [0.2, 0.25) is 0 Å². The molecular formula is C10H14O3. The Morgan fingerprint density at radius 2 is 2.08 bits per heavy atom. The van der Waals surface area contributed by atoms with Crippen molar-refractivity contribution in [3.05, 3.63) is 24.2 Å². The summed E-state index contributed by atoms with van der Waals surface area (Å²) in [5, 5.41) is 0. The van der Waals surface area contributed by atoms with Gasteiger partial charge in [-0.3, -0.25) is 9.59 Å². The van der Waals surface area contributed by atoms with Crippen LogP contribution in [0.3, 0.4) is 0 Å². The van der Waals surface area contributed by atoms with E-state index in [0.717, 1.165) is 0 Å². The van der Waals surface area contributed by atoms with E-state index in [1.54, 1.807) is 12.1 Å². The summed E-state index contributed by atoms with van der Waals surface area (Å²) < 4.78 is 4.61. The predicted octanol–water partition coefficient (Wildman–Crippen LogP) is 2.47. The molecule has 0 N–H and O–H groups in total. The van der Waals surface area contributed by atoms with Crippen molar-refractivity contribution in [2.75, 3.05) is 0 Å². The van der Waals surface area contributed by atoms with Gasteiger partial charge in [0.25, 0.3) is 0 Å². The topological polar surface area (TPSA) is 47.3 Å². The highest BCUT2D eigenvalue weighted by Gasteiger charge is 1.86. The van der Waals surface area contributed by atoms with E-state index in [1.807, 2.05) is 13.8 Å². The molecule has 1 aromatic heterocycles. The highest BCUT2D eigenvalue weighted by atomic mass is 16.3. The van der Waals surface area contributed by atoms with Gasteiger partial charge in [0.15, 0.2) is 12.0 Å². The third-order valence-corrected chi connectivity index (χ3v) is 1.45. The van der Waals surface area contributed by atoms with Gasteiger partial charge in [-0.15, -0.1) is 0 Å². The molecule has 0 radical (unpaired) electrons. The van der Waals surface area contributed by atoms with E-state index in [-0.39, 0.29) is 0 Å². The Morgan fingerprint density at radius 1 is 1.46 bits per heavy atom. The van der Waals surface area contributed by atoms with Crippen molar-refractivity contribution < 1.29 is 14.0 Å². The number of ketones is 1. The first kappa shape index (κ1) is 11.6. The zero-order valence-electron chi connectivity index (χ0n) is 7.95. The molecule has 0 fully saturated rings. The van der Waals surface area contributed by atoms with Gasteiger partial charge >= 0.3 is 0 Å². The number of furan rings is 1. The summed E-state index contributed by atoms with van der Waals surface area (Å²) in [6.45, 7) is 3.76. The van der Waals surface area contributed by atoms with Crippen LogP contribution in [0.5, 0.6) is 0 Å². The maximum Gasteiger partial charge on any atom is 0.185 e. The molecule has 0 bridgehead atoms. The third kappa shape index (κ3) is 5.84. The van der Waals surface area contributed by atoms with E-state index in [0.29, 0.717) is 30.7 Å². The Kier molecular flexibility index (Phi) is 6.51. The van der Waals surface area contributed by atoms with Gasteiger partial charge in [-0.1, -0.05) is 13.8 Å². The number of hydrogen-bond acceptors (Lipinski definition) is 3. The van der Waals surface area contributed by atoms with Crippen LogP contribution >= 0.6 is 0 Å². The van der Waals surface area contributed by atoms with E-state index < -0.39 is 0 Å². The number of carbonyl (C=O) groups is 2. The van der Waals surface area contributed by atoms with Gasteiger partial charge in [0.1, 0.15) is 5.78 Å². The molecule has 72 valence electrons. The van der Waals surface area contributed by atoms with Gasteiger partial charge in [0.05, 0.1) is 6.26 Å². The van der Waals surface area contributed by atoms with Crippen LogP contribution in [0.25, 0.3) is 0 Å². The van der Waals surface area contributed by atoms with E-state index in [4.69, 9.17) is 0 Å². The van der Waals surface area contributed by atoms with Crippen LogP contribution < -0.4 is 0 Å². The maximum absolute atomic E-state index is 10.2. The molecule has 0 atom stereocenters. The Balaban J connectivity index is 0.000000226. The van der Waals surface area contributed by atoms with Crippen molar-refractivity contribution in [1.29, 1.82) is 0 Å². The van der Waals surface area contributed by atoms with Gasteiger partial charge in [0, 0.05) is 12.8 Å². The summed E-state index contributed by atoms with van der Waals surface area (Å²) in [6, 6.07) is 3.27. The summed E-state index contributed by atoms with van der Waals surface area (Å²) in [4.78, 5) is 20.0. The summed E-state index contributed by atoms with van der Waals surface area (Å²) in [7, 11) is 0. The molecule has 0 amide bonds. The van der Waals surface area contributed by atoms with Crippen molar-refractivity contribution in [3.63, 3.8) is 0 Å². The second-order valence-electron chi connectivity index (χ2n) is 2.38. The van der Waals surface area contributed by atoms with Gasteiger partial charge in [-0.25, -0.2) is 0 Å². The third-order valence-electron chi connectivity index (χ3n) is 1.45. The highest BCUT2D eigenvalue weighted by molar-refractivity contribution is 5.77. The summed E-state index contributed by atoms with van der Waals surface area (Å²) >= 11 is 0. The average Bonchev–Trinajstić information content (AvgIpc) is 2.70. The van der Waals surface area contributed by atoms with Crippen LogP contribution in [0.2, 0.25) is 0 Å². The van der Waals surface area contributed by atoms with Crippen LogP contribution in [-0.4, -0.2) is 12.1 Å². The van der Waals surface area contributed by atoms with E-state index >= 15 is 0 Å². The first-order valence-corrected chi connectivity index (χ1v) is 4.24. The Morgan fingerprint density at radius 3 is 2.23 bits per heavy atom. The van der Waals surface area contributed by atoms with E-state index in [2.05, 4.69) is 4.42 Å². The lowest BCUT2D eigenvalue weighted by Crippen LogP contribution is -1.88. The Bertz CT molecular complexity index is 231. The molecule has 0 unspecified atom stereocenters. The largest absolute Gasteiger partial charge is 0.462 e. The minimum absolute atomic E-state index is 0.343. The molecule has 13 heavy (non-hydrogen) atoms. The monoisotopic (exact) mass is 182 g/mol. The summed E-state index contributed by atoms with van der Waals surface area (Å²) in [6.07, 6.45) is 3.51. The van der Waals surface area contributed by atoms with E-state index in [1.165, 1.54) is 6.26 Å². The summed E-state index contributed by atoms with van der Waals surface area (Å²) in [5.41, 5.74) is 0. The van der Waals surface area contributed by atoms with Crippen molar-refractivity contribution in [2.24, 2.45) is 0 Å². The number of rotatable bonds is 3. The summed E-state index contributed by atoms with van der Waals surface area (Å²) in [5.74, 6) is 0.718. The molecule has 3 nitrogen and oxygen atoms in total. The van der Waals surface area contributed by atoms with Crippen LogP contribution in [0.15, 0.2) is 22.8 Å². The Labute approximate surface area is 77.7 Å². The van der Waals surface area contributed by atoms with Crippen LogP contribution in [0, 0.1) is 0 Å². The second-order valence-corrected chi connectivity index (χ2v) is 2.38. The Hall–Kier alpha value is -1.38. The van der Waals surface area contributed by atoms with Crippen LogP contribution in [-0.2, 0) is 4.79 Å². The van der Waals surface area contributed by atoms with Crippen molar-refractivity contribution in [1.82, 2.24) is 0 Å². The fraction of sp³-hybridized carbons (Fsp3) is 0.400. The minimum Gasteiger partial charge on any atom is -0.462 e. The quantitative estimate of drug-likeness (QED) is 0.674. The first-order chi connectivity index (χ1) is 6.24. The molecule has 0 aliphatic rings. The average molecular weight is 182 g/mol. The molecule has 0 aromatic carbocycles. The molecule has 0 spiro atoms. The molecule has 0 saturated carbocycles. The predicted molar refractivity (Wildman–Crippen MR) is 49.7 cm³/mol. The van der Waals surface area contributed by atoms with Crippen molar-refractivity contribution in [3.8, 4) is 0 Å². The fourth-order valence-electron chi connectivity index (χ4n) is 0.608. The van der Waals surface area contributed by atoms with Crippen molar-refractivity contribution in [2.45, 2.75) is 26.7 Å². The number of carbonyl (C=O) groups excluding carboxylic acids is 2. The molecule has 0 aliphatic heterocycles. The van der Waals surface area contributed by atoms with Gasteiger partial charge in [-0.2, -0.15) is 0 Å². The second kappa shape index (κ2) is 7.28. The molecule has 3 heteroatoms. The number of hydrogen-bond donors (Lipinski definition) is 0. The van der Waals surface area contributed by atoms with Gasteiger partial charge < -0.3 is 4.42 Å². The fourth-order valence-corrected chi connectivity index (χ4v) is 0.608. The van der Waals surface area contributed by atoms with Crippen LogP contribution in [0.4, 0.5) is 0 Å². The van der Waals surface area contributed by atoms with Crippen molar-refractivity contribution >= 4 is 12.1 Å². The molecule has 1 heterocycles. The SMILES string of the molecule is CCC(=O)CC.O=Cc1ccco1. The molecule has 0 saturated heterocycles. The number of Topliss-reactive ketones (excluding diaryl/α,β-unsaturated/α-hetero) is 1. The highest BCUT2D eigenvalue weighted by Crippen LogP contribution is 1.92. The zero-order valence-corrected chi connectivity index (χ0v) is 7.95. The molecule has 1 aromatic rings. The minimum atomic E-state index is 0.343. The van der Waals surface area contributed by atoms with E-state index in [9.17, 15) is 9.59 Å². The maximum atomic E-state index is 10.2. The number of aldehydes is 1. The first-order valence-electron chi connectivity index (χ1n) is 4.24. The lowest BCUT2D eigenvalue weighted by atomic mass is 10.3. The zero-order chi connectivity index (χ0) is 10.1. The smallest absolute Gasteiger partial charge is 0.185 e. The molecule has 0 aliphatic carbocycles. The molecule has 1 rings (SSSR count). The standard InChI is InChI=1S/C5H4O2.C5H10O/c6-4-5-2-1-3-7-5;1-3-5(6)4-2/h1-4H;3-4H2,1-2H3. The lowest BCUT2D eigenvalue weighted by Gasteiger charge is -1.81. The lowest BCUT2D eigenvalue weighted by molar-refractivity contribution is -0.118.